The van der Waals surface area contributed by atoms with Crippen molar-refractivity contribution in [3.05, 3.63) is 28.2 Å². The van der Waals surface area contributed by atoms with Gasteiger partial charge in [0.05, 0.1) is 25.4 Å². The predicted molar refractivity (Wildman–Crippen MR) is 85.4 cm³/mol. The van der Waals surface area contributed by atoms with Gasteiger partial charge in [-0.2, -0.15) is 0 Å². The molecule has 5 nitrogen and oxygen atoms in total. The molecule has 1 aliphatic heterocycles. The van der Waals surface area contributed by atoms with Gasteiger partial charge in [-0.1, -0.05) is 15.9 Å². The summed E-state index contributed by atoms with van der Waals surface area (Å²) in [5.41, 5.74) is 1.84. The number of amides is 1. The molecule has 6 heteroatoms. The Bertz CT molecular complexity index is 510. The molecule has 0 aliphatic carbocycles. The topological polar surface area (TPSA) is 61.8 Å². The Morgan fingerprint density at radius 3 is 2.95 bits per heavy atom. The molecule has 0 radical (unpaired) electrons. The van der Waals surface area contributed by atoms with Gasteiger partial charge in [0.2, 0.25) is 5.91 Å². The van der Waals surface area contributed by atoms with Crippen molar-refractivity contribution in [1.29, 1.82) is 0 Å². The Morgan fingerprint density at radius 1 is 1.52 bits per heavy atom. The molecule has 1 aliphatic rings. The highest BCUT2D eigenvalue weighted by Crippen LogP contribution is 2.20. The summed E-state index contributed by atoms with van der Waals surface area (Å²) in [6.45, 7) is 5.47. The number of hydrogen-bond donors (Lipinski definition) is 2. The second kappa shape index (κ2) is 7.35. The fourth-order valence-corrected chi connectivity index (χ4v) is 3.01. The monoisotopic (exact) mass is 356 g/mol. The van der Waals surface area contributed by atoms with Crippen LogP contribution >= 0.6 is 15.9 Å². The molecular formula is C15H21BrN2O3. The maximum Gasteiger partial charge on any atom is 0.238 e. The van der Waals surface area contributed by atoms with Gasteiger partial charge in [-0.15, -0.1) is 0 Å². The second-order valence-corrected chi connectivity index (χ2v) is 6.37. The molecule has 0 bridgehead atoms. The number of benzene rings is 1. The molecule has 2 rings (SSSR count). The lowest BCUT2D eigenvalue weighted by atomic mass is 10.2. The first-order valence-corrected chi connectivity index (χ1v) is 7.82. The summed E-state index contributed by atoms with van der Waals surface area (Å²) in [6, 6.07) is 5.76. The first kappa shape index (κ1) is 16.4. The quantitative estimate of drug-likeness (QED) is 0.863. The molecule has 2 N–H and O–H groups in total. The first-order valence-electron chi connectivity index (χ1n) is 7.02. The van der Waals surface area contributed by atoms with Crippen molar-refractivity contribution in [3.8, 4) is 0 Å². The van der Waals surface area contributed by atoms with Crippen molar-refractivity contribution in [2.24, 2.45) is 0 Å². The van der Waals surface area contributed by atoms with Crippen molar-refractivity contribution in [3.63, 3.8) is 0 Å². The lowest BCUT2D eigenvalue weighted by molar-refractivity contribution is -0.124. The number of halogens is 1. The number of rotatable bonds is 4. The highest BCUT2D eigenvalue weighted by Gasteiger charge is 2.26. The van der Waals surface area contributed by atoms with Crippen LogP contribution in [0.1, 0.15) is 12.5 Å². The second-order valence-electron chi connectivity index (χ2n) is 5.45. The number of morpholine rings is 1. The Balaban J connectivity index is 1.92. The molecule has 1 aromatic rings. The van der Waals surface area contributed by atoms with Crippen LogP contribution in [-0.4, -0.2) is 54.4 Å². The average Bonchev–Trinajstić information content (AvgIpc) is 2.41. The minimum atomic E-state index is -0.212. The smallest absolute Gasteiger partial charge is 0.238 e. The van der Waals surface area contributed by atoms with Gasteiger partial charge in [0.15, 0.2) is 0 Å². The van der Waals surface area contributed by atoms with Crippen LogP contribution < -0.4 is 5.32 Å². The Hall–Kier alpha value is -0.950. The number of carbonyl (C=O) groups is 1. The van der Waals surface area contributed by atoms with Gasteiger partial charge in [0.25, 0.3) is 0 Å². The molecule has 21 heavy (non-hydrogen) atoms. The normalized spacial score (nSPS) is 23.0. The molecule has 116 valence electrons. The van der Waals surface area contributed by atoms with E-state index in [0.29, 0.717) is 19.6 Å². The van der Waals surface area contributed by atoms with Crippen LogP contribution in [0.5, 0.6) is 0 Å². The fraction of sp³-hybridized carbons (Fsp3) is 0.533. The van der Waals surface area contributed by atoms with Gasteiger partial charge in [-0.05, 0) is 37.6 Å². The average molecular weight is 357 g/mol. The van der Waals surface area contributed by atoms with E-state index in [4.69, 9.17) is 4.74 Å². The van der Waals surface area contributed by atoms with E-state index >= 15 is 0 Å². The summed E-state index contributed by atoms with van der Waals surface area (Å²) in [5.74, 6) is -0.0498. The Kier molecular flexibility index (Phi) is 5.75. The molecule has 0 spiro atoms. The van der Waals surface area contributed by atoms with Crippen molar-refractivity contribution in [2.45, 2.75) is 26.1 Å². The van der Waals surface area contributed by atoms with E-state index in [2.05, 4.69) is 21.2 Å². The highest BCUT2D eigenvalue weighted by atomic mass is 79.9. The maximum absolute atomic E-state index is 12.2. The van der Waals surface area contributed by atoms with E-state index in [1.807, 2.05) is 36.9 Å². The Labute approximate surface area is 133 Å². The number of nitrogens with zero attached hydrogens (tertiary/aromatic N) is 1. The van der Waals surface area contributed by atoms with Crippen molar-refractivity contribution >= 4 is 27.5 Å². The number of aryl methyl sites for hydroxylation is 1. The summed E-state index contributed by atoms with van der Waals surface area (Å²) < 4.78 is 6.56. The van der Waals surface area contributed by atoms with Gasteiger partial charge in [-0.25, -0.2) is 0 Å². The van der Waals surface area contributed by atoms with Crippen LogP contribution in [0.15, 0.2) is 22.7 Å². The van der Waals surface area contributed by atoms with Crippen LogP contribution in [0.4, 0.5) is 5.69 Å². The van der Waals surface area contributed by atoms with Gasteiger partial charge in [0, 0.05) is 23.2 Å². The van der Waals surface area contributed by atoms with Crippen LogP contribution in [0.25, 0.3) is 0 Å². The van der Waals surface area contributed by atoms with Gasteiger partial charge in [0.1, 0.15) is 0 Å². The summed E-state index contributed by atoms with van der Waals surface area (Å²) in [5, 5.41) is 12.1. The molecule has 1 heterocycles. The molecule has 1 saturated heterocycles. The summed E-state index contributed by atoms with van der Waals surface area (Å²) in [6.07, 6.45) is -0.186. The predicted octanol–water partition coefficient (Wildman–Crippen LogP) is 1.78. The largest absolute Gasteiger partial charge is 0.394 e. The van der Waals surface area contributed by atoms with Crippen LogP contribution in [-0.2, 0) is 9.53 Å². The number of hydrogen-bond acceptors (Lipinski definition) is 4. The number of anilines is 1. The molecule has 1 amide bonds. The van der Waals surface area contributed by atoms with E-state index in [0.717, 1.165) is 15.7 Å². The minimum Gasteiger partial charge on any atom is -0.394 e. The zero-order chi connectivity index (χ0) is 15.4. The number of ether oxygens (including phenoxy) is 1. The number of nitrogens with one attached hydrogen (secondary N) is 1. The molecule has 0 aromatic heterocycles. The van der Waals surface area contributed by atoms with Crippen LogP contribution in [0.3, 0.4) is 0 Å². The van der Waals surface area contributed by atoms with Crippen LogP contribution in [0.2, 0.25) is 0 Å². The highest BCUT2D eigenvalue weighted by molar-refractivity contribution is 9.10. The SMILES string of the molecule is Cc1cc(Br)ccc1NC(=O)CN1CC(C)OC(CO)C1. The summed E-state index contributed by atoms with van der Waals surface area (Å²) in [7, 11) is 0. The molecule has 2 atom stereocenters. The van der Waals surface area contributed by atoms with E-state index in [1.165, 1.54) is 0 Å². The standard InChI is InChI=1S/C15H21BrN2O3/c1-10-5-12(16)3-4-14(10)17-15(20)8-18-6-11(2)21-13(7-18)9-19/h3-5,11,13,19H,6-9H2,1-2H3,(H,17,20). The van der Waals surface area contributed by atoms with E-state index in [-0.39, 0.29) is 24.7 Å². The van der Waals surface area contributed by atoms with E-state index in [9.17, 15) is 9.90 Å². The van der Waals surface area contributed by atoms with Gasteiger partial charge in [-0.3, -0.25) is 9.69 Å². The third-order valence-electron chi connectivity index (χ3n) is 3.44. The van der Waals surface area contributed by atoms with Crippen molar-refractivity contribution < 1.29 is 14.6 Å². The minimum absolute atomic E-state index is 0.0196. The van der Waals surface area contributed by atoms with E-state index < -0.39 is 0 Å². The Morgan fingerprint density at radius 2 is 2.29 bits per heavy atom. The zero-order valence-corrected chi connectivity index (χ0v) is 13.9. The summed E-state index contributed by atoms with van der Waals surface area (Å²) >= 11 is 3.40. The van der Waals surface area contributed by atoms with Crippen molar-refractivity contribution in [1.82, 2.24) is 4.90 Å². The fourth-order valence-electron chi connectivity index (χ4n) is 2.53. The lowest BCUT2D eigenvalue weighted by Crippen LogP contribution is -2.50. The summed E-state index contributed by atoms with van der Waals surface area (Å²) in [4.78, 5) is 14.2. The zero-order valence-electron chi connectivity index (χ0n) is 12.3. The molecule has 1 aromatic carbocycles. The molecular weight excluding hydrogens is 336 g/mol. The van der Waals surface area contributed by atoms with E-state index in [1.54, 1.807) is 0 Å². The molecule has 0 saturated carbocycles. The van der Waals surface area contributed by atoms with Gasteiger partial charge >= 0.3 is 0 Å². The third kappa shape index (κ3) is 4.78. The number of aliphatic hydroxyl groups excluding tert-OH is 1. The maximum atomic E-state index is 12.2. The lowest BCUT2D eigenvalue weighted by Gasteiger charge is -2.35. The third-order valence-corrected chi connectivity index (χ3v) is 3.93. The number of aliphatic hydroxyl groups is 1. The van der Waals surface area contributed by atoms with Gasteiger partial charge < -0.3 is 15.2 Å². The number of carbonyl (C=O) groups excluding carboxylic acids is 1. The molecule has 2 unspecified atom stereocenters. The first-order chi connectivity index (χ1) is 9.97. The molecule has 1 fully saturated rings. The van der Waals surface area contributed by atoms with Crippen LogP contribution in [0, 0.1) is 6.92 Å². The van der Waals surface area contributed by atoms with Crippen molar-refractivity contribution in [2.75, 3.05) is 31.6 Å².